The number of para-hydroxylation sites is 1. The molecule has 92 valence electrons. The number of halogens is 1. The lowest BCUT2D eigenvalue weighted by molar-refractivity contribution is 0.384. The predicted molar refractivity (Wildman–Crippen MR) is 72.6 cm³/mol. The van der Waals surface area contributed by atoms with Crippen LogP contribution in [0.3, 0.4) is 0 Å². The van der Waals surface area contributed by atoms with Crippen LogP contribution < -0.4 is 0 Å². The fraction of sp³-hybridized carbons (Fsp3) is 0.462. The summed E-state index contributed by atoms with van der Waals surface area (Å²) in [6.45, 7) is 4.04. The van der Waals surface area contributed by atoms with Crippen molar-refractivity contribution in [2.24, 2.45) is 0 Å². The molecule has 3 nitrogen and oxygen atoms in total. The number of hydrogen-bond acceptors (Lipinski definition) is 2. The highest BCUT2D eigenvalue weighted by atomic mass is 35.5. The van der Waals surface area contributed by atoms with E-state index in [0.717, 1.165) is 24.4 Å². The molecule has 1 aromatic heterocycles. The number of alkyl halides is 1. The Kier molecular flexibility index (Phi) is 3.69. The number of fused-ring (bicyclic) bond motifs is 1. The van der Waals surface area contributed by atoms with E-state index in [0.29, 0.717) is 5.88 Å². The number of rotatable bonds is 4. The van der Waals surface area contributed by atoms with Gasteiger partial charge < -0.3 is 9.47 Å². The summed E-state index contributed by atoms with van der Waals surface area (Å²) in [4.78, 5) is 6.75. The summed E-state index contributed by atoms with van der Waals surface area (Å²) in [7, 11) is 4.15. The lowest BCUT2D eigenvalue weighted by Crippen LogP contribution is -2.19. The Morgan fingerprint density at radius 1 is 1.35 bits per heavy atom. The Labute approximate surface area is 107 Å². The molecule has 0 amide bonds. The first-order chi connectivity index (χ1) is 8.13. The number of aryl methyl sites for hydroxylation is 1. The summed E-state index contributed by atoms with van der Waals surface area (Å²) in [5, 5.41) is 0. The Bertz CT molecular complexity index is 517. The molecule has 0 saturated carbocycles. The van der Waals surface area contributed by atoms with Gasteiger partial charge >= 0.3 is 0 Å². The van der Waals surface area contributed by atoms with Crippen molar-refractivity contribution in [1.29, 1.82) is 0 Å². The first-order valence-corrected chi connectivity index (χ1v) is 6.32. The van der Waals surface area contributed by atoms with Gasteiger partial charge in [-0.3, -0.25) is 0 Å². The van der Waals surface area contributed by atoms with E-state index in [9.17, 15) is 0 Å². The molecular weight excluding hydrogens is 234 g/mol. The second kappa shape index (κ2) is 5.07. The summed E-state index contributed by atoms with van der Waals surface area (Å²) in [5.74, 6) is 1.42. The van der Waals surface area contributed by atoms with Gasteiger partial charge in [-0.15, -0.1) is 11.6 Å². The molecular formula is C13H18ClN3. The van der Waals surface area contributed by atoms with Gasteiger partial charge in [0.15, 0.2) is 0 Å². The maximum Gasteiger partial charge on any atom is 0.124 e. The largest absolute Gasteiger partial charge is 0.325 e. The maximum atomic E-state index is 5.97. The summed E-state index contributed by atoms with van der Waals surface area (Å²) in [6, 6.07) is 6.21. The quantitative estimate of drug-likeness (QED) is 0.779. The van der Waals surface area contributed by atoms with Crippen molar-refractivity contribution in [3.05, 3.63) is 29.6 Å². The Hall–Kier alpha value is -1.06. The predicted octanol–water partition coefficient (Wildman–Crippen LogP) is 2.65. The lowest BCUT2D eigenvalue weighted by atomic mass is 10.2. The normalized spacial score (nSPS) is 11.6. The van der Waals surface area contributed by atoms with E-state index in [-0.39, 0.29) is 0 Å². The van der Waals surface area contributed by atoms with Gasteiger partial charge in [-0.1, -0.05) is 12.1 Å². The highest BCUT2D eigenvalue weighted by molar-refractivity contribution is 6.16. The van der Waals surface area contributed by atoms with Crippen molar-refractivity contribution in [1.82, 2.24) is 14.5 Å². The number of hydrogen-bond donors (Lipinski definition) is 0. The van der Waals surface area contributed by atoms with Gasteiger partial charge in [0.25, 0.3) is 0 Å². The molecule has 0 radical (unpaired) electrons. The van der Waals surface area contributed by atoms with E-state index >= 15 is 0 Å². The smallest absolute Gasteiger partial charge is 0.124 e. The molecule has 0 N–H and O–H groups in total. The first kappa shape index (κ1) is 12.4. The SMILES string of the molecule is Cc1cccc2nc(CCl)n(CCN(C)C)c12. The topological polar surface area (TPSA) is 21.1 Å². The van der Waals surface area contributed by atoms with E-state index in [1.807, 2.05) is 12.1 Å². The van der Waals surface area contributed by atoms with Gasteiger partial charge in [-0.2, -0.15) is 0 Å². The van der Waals surface area contributed by atoms with Gasteiger partial charge in [0.1, 0.15) is 5.82 Å². The van der Waals surface area contributed by atoms with Crippen LogP contribution in [0.25, 0.3) is 11.0 Å². The first-order valence-electron chi connectivity index (χ1n) is 5.79. The zero-order valence-corrected chi connectivity index (χ0v) is 11.3. The molecule has 1 heterocycles. The van der Waals surface area contributed by atoms with Crippen LogP contribution in [-0.4, -0.2) is 35.1 Å². The Morgan fingerprint density at radius 3 is 2.76 bits per heavy atom. The molecule has 0 fully saturated rings. The Morgan fingerprint density at radius 2 is 2.12 bits per heavy atom. The van der Waals surface area contributed by atoms with Crippen LogP contribution in [0, 0.1) is 6.92 Å². The molecule has 2 aromatic rings. The minimum atomic E-state index is 0.460. The minimum absolute atomic E-state index is 0.460. The van der Waals surface area contributed by atoms with Crippen LogP contribution in [0.15, 0.2) is 18.2 Å². The molecule has 0 bridgehead atoms. The van der Waals surface area contributed by atoms with Crippen molar-refractivity contribution in [2.75, 3.05) is 20.6 Å². The van der Waals surface area contributed by atoms with Crippen molar-refractivity contribution < 1.29 is 0 Å². The van der Waals surface area contributed by atoms with E-state index < -0.39 is 0 Å². The standard InChI is InChI=1S/C13H18ClN3/c1-10-5-4-6-11-13(10)17(8-7-16(2)3)12(9-14)15-11/h4-6H,7-9H2,1-3H3. The molecule has 4 heteroatoms. The second-order valence-corrected chi connectivity index (χ2v) is 4.83. The molecule has 2 rings (SSSR count). The highest BCUT2D eigenvalue weighted by Gasteiger charge is 2.11. The van der Waals surface area contributed by atoms with Gasteiger partial charge in [0.05, 0.1) is 16.9 Å². The van der Waals surface area contributed by atoms with Crippen molar-refractivity contribution in [2.45, 2.75) is 19.3 Å². The van der Waals surface area contributed by atoms with E-state index in [4.69, 9.17) is 11.6 Å². The molecule has 17 heavy (non-hydrogen) atoms. The van der Waals surface area contributed by atoms with E-state index in [2.05, 4.69) is 41.5 Å². The molecule has 0 spiro atoms. The third-order valence-corrected chi connectivity index (χ3v) is 3.18. The second-order valence-electron chi connectivity index (χ2n) is 4.56. The summed E-state index contributed by atoms with van der Waals surface area (Å²) < 4.78 is 2.23. The molecule has 0 atom stereocenters. The average Bonchev–Trinajstić information content (AvgIpc) is 2.65. The molecule has 0 aliphatic heterocycles. The third-order valence-electron chi connectivity index (χ3n) is 2.94. The number of nitrogens with zero attached hydrogens (tertiary/aromatic N) is 3. The number of benzene rings is 1. The van der Waals surface area contributed by atoms with Crippen LogP contribution in [0.1, 0.15) is 11.4 Å². The van der Waals surface area contributed by atoms with Crippen LogP contribution >= 0.6 is 11.6 Å². The van der Waals surface area contributed by atoms with Crippen molar-refractivity contribution >= 4 is 22.6 Å². The van der Waals surface area contributed by atoms with Gasteiger partial charge in [0, 0.05) is 13.1 Å². The number of imidazole rings is 1. The zero-order valence-electron chi connectivity index (χ0n) is 10.6. The zero-order chi connectivity index (χ0) is 12.4. The monoisotopic (exact) mass is 251 g/mol. The maximum absolute atomic E-state index is 5.97. The van der Waals surface area contributed by atoms with E-state index in [1.54, 1.807) is 0 Å². The number of aromatic nitrogens is 2. The van der Waals surface area contributed by atoms with E-state index in [1.165, 1.54) is 11.1 Å². The third kappa shape index (κ3) is 2.45. The van der Waals surface area contributed by atoms with Crippen LogP contribution in [0.4, 0.5) is 0 Å². The highest BCUT2D eigenvalue weighted by Crippen LogP contribution is 2.21. The van der Waals surface area contributed by atoms with Gasteiger partial charge in [-0.05, 0) is 32.6 Å². The molecule has 0 aliphatic rings. The minimum Gasteiger partial charge on any atom is -0.325 e. The molecule has 1 aromatic carbocycles. The Balaban J connectivity index is 2.49. The number of likely N-dealkylation sites (N-methyl/N-ethyl adjacent to an activating group) is 1. The van der Waals surface area contributed by atoms with Gasteiger partial charge in [0.2, 0.25) is 0 Å². The molecule has 0 aliphatic carbocycles. The fourth-order valence-corrected chi connectivity index (χ4v) is 2.26. The average molecular weight is 252 g/mol. The molecule has 0 saturated heterocycles. The van der Waals surface area contributed by atoms with Crippen molar-refractivity contribution in [3.8, 4) is 0 Å². The fourth-order valence-electron chi connectivity index (χ4n) is 2.06. The molecule has 0 unspecified atom stereocenters. The van der Waals surface area contributed by atoms with Crippen LogP contribution in [-0.2, 0) is 12.4 Å². The summed E-state index contributed by atoms with van der Waals surface area (Å²) >= 11 is 5.97. The van der Waals surface area contributed by atoms with Crippen LogP contribution in [0.5, 0.6) is 0 Å². The van der Waals surface area contributed by atoms with Crippen LogP contribution in [0.2, 0.25) is 0 Å². The lowest BCUT2D eigenvalue weighted by Gasteiger charge is -2.13. The van der Waals surface area contributed by atoms with Crippen molar-refractivity contribution in [3.63, 3.8) is 0 Å². The summed E-state index contributed by atoms with van der Waals surface area (Å²) in [6.07, 6.45) is 0. The van der Waals surface area contributed by atoms with Gasteiger partial charge in [-0.25, -0.2) is 4.98 Å². The summed E-state index contributed by atoms with van der Waals surface area (Å²) in [5.41, 5.74) is 3.51.